The van der Waals surface area contributed by atoms with Crippen molar-refractivity contribution in [3.05, 3.63) is 0 Å². The molecule has 1 heterocycles. The van der Waals surface area contributed by atoms with E-state index in [0.29, 0.717) is 11.9 Å². The predicted octanol–water partition coefficient (Wildman–Crippen LogP) is 2.80. The summed E-state index contributed by atoms with van der Waals surface area (Å²) in [5.41, 5.74) is 0. The maximum absolute atomic E-state index is 12.6. The van der Waals surface area contributed by atoms with Gasteiger partial charge in [0.1, 0.15) is 0 Å². The van der Waals surface area contributed by atoms with Crippen molar-refractivity contribution in [3.8, 4) is 0 Å². The first kappa shape index (κ1) is 14.8. The zero-order valence-electron chi connectivity index (χ0n) is 12.7. The maximum Gasteiger partial charge on any atom is 0.225 e. The maximum atomic E-state index is 12.6. The summed E-state index contributed by atoms with van der Waals surface area (Å²) >= 11 is 0. The van der Waals surface area contributed by atoms with Crippen LogP contribution in [0.15, 0.2) is 0 Å². The van der Waals surface area contributed by atoms with E-state index >= 15 is 0 Å². The molecule has 1 saturated carbocycles. The minimum atomic E-state index is 0.272. The van der Waals surface area contributed by atoms with Gasteiger partial charge >= 0.3 is 0 Å². The lowest BCUT2D eigenvalue weighted by atomic mass is 9.81. The number of rotatable bonds is 4. The molecule has 2 fully saturated rings. The van der Waals surface area contributed by atoms with Crippen LogP contribution in [-0.2, 0) is 4.79 Å². The van der Waals surface area contributed by atoms with Crippen molar-refractivity contribution in [2.75, 3.05) is 19.6 Å². The molecule has 0 radical (unpaired) electrons. The normalized spacial score (nSPS) is 27.3. The summed E-state index contributed by atoms with van der Waals surface area (Å²) in [6, 6.07) is 0.449. The first-order valence-electron chi connectivity index (χ1n) is 8.23. The summed E-state index contributed by atoms with van der Waals surface area (Å²) in [4.78, 5) is 14.7. The van der Waals surface area contributed by atoms with Crippen molar-refractivity contribution in [3.63, 3.8) is 0 Å². The number of nitrogens with zero attached hydrogens (tertiary/aromatic N) is 1. The fraction of sp³-hybridized carbons (Fsp3) is 0.938. The van der Waals surface area contributed by atoms with Crippen molar-refractivity contribution in [2.45, 2.75) is 64.8 Å². The molecule has 110 valence electrons. The highest BCUT2D eigenvalue weighted by Crippen LogP contribution is 2.30. The summed E-state index contributed by atoms with van der Waals surface area (Å²) < 4.78 is 0. The van der Waals surface area contributed by atoms with Crippen LogP contribution >= 0.6 is 0 Å². The van der Waals surface area contributed by atoms with Crippen LogP contribution in [-0.4, -0.2) is 36.5 Å². The van der Waals surface area contributed by atoms with Crippen molar-refractivity contribution >= 4 is 5.91 Å². The Kier molecular flexibility index (Phi) is 5.68. The van der Waals surface area contributed by atoms with E-state index in [1.165, 1.54) is 32.1 Å². The summed E-state index contributed by atoms with van der Waals surface area (Å²) in [7, 11) is 0. The van der Waals surface area contributed by atoms with Gasteiger partial charge in [-0.05, 0) is 25.7 Å². The van der Waals surface area contributed by atoms with Gasteiger partial charge in [0, 0.05) is 31.6 Å². The van der Waals surface area contributed by atoms with Crippen molar-refractivity contribution in [1.82, 2.24) is 10.2 Å². The van der Waals surface area contributed by atoms with Crippen LogP contribution in [0.25, 0.3) is 0 Å². The first-order valence-corrected chi connectivity index (χ1v) is 8.23. The molecule has 0 bridgehead atoms. The van der Waals surface area contributed by atoms with E-state index in [1.54, 1.807) is 0 Å². The minimum Gasteiger partial charge on any atom is -0.340 e. The van der Waals surface area contributed by atoms with Crippen LogP contribution in [0.4, 0.5) is 0 Å². The molecule has 3 heteroatoms. The van der Waals surface area contributed by atoms with Gasteiger partial charge in [0.15, 0.2) is 0 Å². The average Bonchev–Trinajstić information content (AvgIpc) is 2.45. The smallest absolute Gasteiger partial charge is 0.225 e. The van der Waals surface area contributed by atoms with E-state index in [-0.39, 0.29) is 5.92 Å². The third kappa shape index (κ3) is 4.20. The first-order chi connectivity index (χ1) is 9.20. The second-order valence-electron chi connectivity index (χ2n) is 6.48. The summed E-state index contributed by atoms with van der Waals surface area (Å²) in [5, 5.41) is 3.41. The molecule has 1 aliphatic heterocycles. The Hall–Kier alpha value is -0.570. The predicted molar refractivity (Wildman–Crippen MR) is 79.0 cm³/mol. The molecular formula is C16H30N2O. The molecule has 1 saturated heterocycles. The molecule has 0 aromatic carbocycles. The Morgan fingerprint density at radius 2 is 2.05 bits per heavy atom. The van der Waals surface area contributed by atoms with Gasteiger partial charge in [-0.1, -0.05) is 39.0 Å². The van der Waals surface area contributed by atoms with E-state index in [0.717, 1.165) is 38.4 Å². The van der Waals surface area contributed by atoms with Crippen molar-refractivity contribution in [1.29, 1.82) is 0 Å². The minimum absolute atomic E-state index is 0.272. The van der Waals surface area contributed by atoms with Crippen LogP contribution in [0.5, 0.6) is 0 Å². The van der Waals surface area contributed by atoms with Crippen LogP contribution in [0.3, 0.4) is 0 Å². The zero-order valence-corrected chi connectivity index (χ0v) is 12.7. The molecule has 2 rings (SSSR count). The van der Waals surface area contributed by atoms with Gasteiger partial charge in [0.05, 0.1) is 0 Å². The Morgan fingerprint density at radius 1 is 1.32 bits per heavy atom. The van der Waals surface area contributed by atoms with Crippen LogP contribution < -0.4 is 5.32 Å². The topological polar surface area (TPSA) is 32.3 Å². The van der Waals surface area contributed by atoms with Gasteiger partial charge in [-0.2, -0.15) is 0 Å². The molecule has 19 heavy (non-hydrogen) atoms. The van der Waals surface area contributed by atoms with E-state index in [2.05, 4.69) is 24.1 Å². The fourth-order valence-corrected chi connectivity index (χ4v) is 3.66. The number of hydrogen-bond acceptors (Lipinski definition) is 2. The van der Waals surface area contributed by atoms with Crippen LogP contribution in [0.2, 0.25) is 0 Å². The van der Waals surface area contributed by atoms with Crippen molar-refractivity contribution in [2.24, 2.45) is 11.8 Å². The lowest BCUT2D eigenvalue weighted by molar-refractivity contribution is -0.137. The van der Waals surface area contributed by atoms with E-state index in [9.17, 15) is 4.79 Å². The number of carbonyl (C=O) groups is 1. The number of amides is 1. The molecule has 0 aromatic rings. The van der Waals surface area contributed by atoms with Gasteiger partial charge in [-0.15, -0.1) is 0 Å². The standard InChI is InChI=1S/C16H30N2O/c1-3-15(11-14-7-5-4-6-8-14)16(19)18-10-9-17-13(2)12-18/h13-15,17H,3-12H2,1-2H3. The molecule has 1 aliphatic carbocycles. The monoisotopic (exact) mass is 266 g/mol. The molecular weight excluding hydrogens is 236 g/mol. The molecule has 3 nitrogen and oxygen atoms in total. The fourth-order valence-electron chi connectivity index (χ4n) is 3.66. The second-order valence-corrected chi connectivity index (χ2v) is 6.48. The van der Waals surface area contributed by atoms with Crippen LogP contribution in [0, 0.1) is 11.8 Å². The third-order valence-corrected chi connectivity index (χ3v) is 4.87. The molecule has 1 N–H and O–H groups in total. The van der Waals surface area contributed by atoms with Crippen LogP contribution in [0.1, 0.15) is 58.8 Å². The lowest BCUT2D eigenvalue weighted by Crippen LogP contribution is -2.52. The van der Waals surface area contributed by atoms with Gasteiger partial charge < -0.3 is 10.2 Å². The summed E-state index contributed by atoms with van der Waals surface area (Å²) in [6.07, 6.45) is 8.99. The number of nitrogens with one attached hydrogen (secondary N) is 1. The van der Waals surface area contributed by atoms with Gasteiger partial charge in [-0.25, -0.2) is 0 Å². The zero-order chi connectivity index (χ0) is 13.7. The Balaban J connectivity index is 1.86. The second kappa shape index (κ2) is 7.28. The molecule has 0 spiro atoms. The quantitative estimate of drug-likeness (QED) is 0.848. The SMILES string of the molecule is CCC(CC1CCCCC1)C(=O)N1CCNC(C)C1. The summed E-state index contributed by atoms with van der Waals surface area (Å²) in [5.74, 6) is 1.50. The molecule has 2 unspecified atom stereocenters. The highest BCUT2D eigenvalue weighted by Gasteiger charge is 2.28. The highest BCUT2D eigenvalue weighted by molar-refractivity contribution is 5.79. The number of hydrogen-bond donors (Lipinski definition) is 1. The van der Waals surface area contributed by atoms with E-state index < -0.39 is 0 Å². The van der Waals surface area contributed by atoms with E-state index in [4.69, 9.17) is 0 Å². The molecule has 1 amide bonds. The Labute approximate surface area is 118 Å². The Morgan fingerprint density at radius 3 is 2.68 bits per heavy atom. The largest absolute Gasteiger partial charge is 0.340 e. The van der Waals surface area contributed by atoms with Gasteiger partial charge in [-0.3, -0.25) is 4.79 Å². The number of carbonyl (C=O) groups excluding carboxylic acids is 1. The third-order valence-electron chi connectivity index (χ3n) is 4.87. The van der Waals surface area contributed by atoms with Gasteiger partial charge in [0.25, 0.3) is 0 Å². The van der Waals surface area contributed by atoms with E-state index in [1.807, 2.05) is 0 Å². The summed E-state index contributed by atoms with van der Waals surface area (Å²) in [6.45, 7) is 7.08. The Bertz CT molecular complexity index is 286. The number of piperazine rings is 1. The molecule has 2 aliphatic rings. The van der Waals surface area contributed by atoms with Gasteiger partial charge in [0.2, 0.25) is 5.91 Å². The average molecular weight is 266 g/mol. The molecule has 0 aromatic heterocycles. The lowest BCUT2D eigenvalue weighted by Gasteiger charge is -2.35. The highest BCUT2D eigenvalue weighted by atomic mass is 16.2. The van der Waals surface area contributed by atoms with Crippen molar-refractivity contribution < 1.29 is 4.79 Å². The molecule has 2 atom stereocenters.